The van der Waals surface area contributed by atoms with Gasteiger partial charge in [-0.1, -0.05) is 54.1 Å². The van der Waals surface area contributed by atoms with Crippen molar-refractivity contribution in [2.24, 2.45) is 0 Å². The maximum Gasteiger partial charge on any atom is 0.314 e. The van der Waals surface area contributed by atoms with Gasteiger partial charge in [0.15, 0.2) is 0 Å². The van der Waals surface area contributed by atoms with Crippen LogP contribution < -0.4 is 16.0 Å². The molecule has 0 aliphatic carbocycles. The van der Waals surface area contributed by atoms with Crippen LogP contribution in [0.2, 0.25) is 5.02 Å². The summed E-state index contributed by atoms with van der Waals surface area (Å²) in [6.07, 6.45) is 0.912. The molecule has 0 radical (unpaired) electrons. The van der Waals surface area contributed by atoms with Crippen molar-refractivity contribution in [1.82, 2.24) is 25.8 Å². The van der Waals surface area contributed by atoms with Gasteiger partial charge >= 0.3 is 6.03 Å². The molecule has 1 saturated heterocycles. The van der Waals surface area contributed by atoms with Gasteiger partial charge in [-0.05, 0) is 30.7 Å². The van der Waals surface area contributed by atoms with E-state index in [2.05, 4.69) is 56.1 Å². The number of hydrogen-bond acceptors (Lipinski definition) is 4. The molecule has 0 saturated carbocycles. The lowest BCUT2D eigenvalue weighted by molar-refractivity contribution is 0.0954. The largest absolute Gasteiger partial charge is 0.350 e. The third kappa shape index (κ3) is 8.15. The summed E-state index contributed by atoms with van der Waals surface area (Å²) in [5, 5.41) is 8.78. The molecule has 2 aromatic carbocycles. The highest BCUT2D eigenvalue weighted by Crippen LogP contribution is 2.14. The molecule has 3 N–H and O–H groups in total. The molecular weight excluding hydrogens is 426 g/mol. The van der Waals surface area contributed by atoms with Gasteiger partial charge in [-0.2, -0.15) is 0 Å². The number of amides is 3. The van der Waals surface area contributed by atoms with Gasteiger partial charge in [0, 0.05) is 52.4 Å². The Morgan fingerprint density at radius 2 is 1.41 bits per heavy atom. The first-order valence-electron chi connectivity index (χ1n) is 11.1. The molecule has 3 amide bonds. The predicted molar refractivity (Wildman–Crippen MR) is 128 cm³/mol. The van der Waals surface area contributed by atoms with E-state index < -0.39 is 0 Å². The van der Waals surface area contributed by atoms with Gasteiger partial charge in [0.1, 0.15) is 0 Å². The number of urea groups is 1. The third-order valence-corrected chi connectivity index (χ3v) is 5.79. The number of piperazine rings is 1. The van der Waals surface area contributed by atoms with Crippen LogP contribution in [0.15, 0.2) is 54.6 Å². The first-order chi connectivity index (χ1) is 15.6. The van der Waals surface area contributed by atoms with Crippen LogP contribution in [0.3, 0.4) is 0 Å². The van der Waals surface area contributed by atoms with E-state index in [0.29, 0.717) is 30.2 Å². The van der Waals surface area contributed by atoms with Crippen molar-refractivity contribution < 1.29 is 9.59 Å². The first-order valence-corrected chi connectivity index (χ1v) is 11.5. The highest BCUT2D eigenvalue weighted by Gasteiger charge is 2.16. The molecule has 1 heterocycles. The van der Waals surface area contributed by atoms with E-state index in [9.17, 15) is 9.59 Å². The molecule has 0 atom stereocenters. The summed E-state index contributed by atoms with van der Waals surface area (Å²) in [5.41, 5.74) is 1.79. The third-order valence-electron chi connectivity index (χ3n) is 5.47. The van der Waals surface area contributed by atoms with Gasteiger partial charge in [-0.25, -0.2) is 4.79 Å². The molecule has 0 aromatic heterocycles. The van der Waals surface area contributed by atoms with Crippen molar-refractivity contribution in [1.29, 1.82) is 0 Å². The topological polar surface area (TPSA) is 76.7 Å². The number of benzene rings is 2. The molecular formula is C24H32ClN5O2. The van der Waals surface area contributed by atoms with Crippen LogP contribution in [0.4, 0.5) is 4.79 Å². The number of carbonyl (C=O) groups excluding carboxylic acids is 2. The Kier molecular flexibility index (Phi) is 9.81. The molecule has 7 nitrogen and oxygen atoms in total. The lowest BCUT2D eigenvalue weighted by atomic mass is 10.2. The second-order valence-corrected chi connectivity index (χ2v) is 8.28. The van der Waals surface area contributed by atoms with Crippen LogP contribution in [0.1, 0.15) is 22.3 Å². The number of hydrogen-bond donors (Lipinski definition) is 3. The smallest absolute Gasteiger partial charge is 0.314 e. The lowest BCUT2D eigenvalue weighted by Gasteiger charge is -2.34. The fourth-order valence-corrected chi connectivity index (χ4v) is 3.89. The van der Waals surface area contributed by atoms with Crippen LogP contribution in [0, 0.1) is 0 Å². The quantitative estimate of drug-likeness (QED) is 0.479. The summed E-state index contributed by atoms with van der Waals surface area (Å²) in [6, 6.07) is 17.2. The summed E-state index contributed by atoms with van der Waals surface area (Å²) in [7, 11) is 0. The van der Waals surface area contributed by atoms with Crippen molar-refractivity contribution in [2.75, 3.05) is 52.4 Å². The normalized spacial score (nSPS) is 14.7. The SMILES string of the molecule is O=C(NCCCN1CCN(Cc2ccccc2)CC1)NCCNC(=O)c1ccccc1Cl. The zero-order chi connectivity index (χ0) is 22.6. The Morgan fingerprint density at radius 3 is 2.16 bits per heavy atom. The zero-order valence-corrected chi connectivity index (χ0v) is 19.1. The summed E-state index contributed by atoms with van der Waals surface area (Å²) < 4.78 is 0. The maximum atomic E-state index is 12.1. The number of halogens is 1. The minimum absolute atomic E-state index is 0.218. The minimum atomic E-state index is -0.248. The maximum absolute atomic E-state index is 12.1. The molecule has 3 rings (SSSR count). The van der Waals surface area contributed by atoms with Gasteiger partial charge in [0.05, 0.1) is 10.6 Å². The van der Waals surface area contributed by atoms with Crippen molar-refractivity contribution in [3.8, 4) is 0 Å². The van der Waals surface area contributed by atoms with Crippen LogP contribution in [0.25, 0.3) is 0 Å². The van der Waals surface area contributed by atoms with Gasteiger partial charge in [-0.3, -0.25) is 9.69 Å². The van der Waals surface area contributed by atoms with E-state index in [1.54, 1.807) is 24.3 Å². The standard InChI is InChI=1S/C24H32ClN5O2/c25-22-10-5-4-9-21(22)23(31)26-12-13-28-24(32)27-11-6-14-29-15-17-30(18-16-29)19-20-7-2-1-3-8-20/h1-5,7-10H,6,11-19H2,(H,26,31)(H2,27,28,32). The summed E-state index contributed by atoms with van der Waals surface area (Å²) in [6.45, 7) is 7.57. The van der Waals surface area contributed by atoms with E-state index >= 15 is 0 Å². The first kappa shape index (κ1) is 24.0. The number of rotatable bonds is 10. The van der Waals surface area contributed by atoms with Gasteiger partial charge in [0.2, 0.25) is 0 Å². The molecule has 172 valence electrons. The predicted octanol–water partition coefficient (Wildman–Crippen LogP) is 2.58. The van der Waals surface area contributed by atoms with Crippen LogP contribution in [-0.2, 0) is 6.54 Å². The molecule has 0 bridgehead atoms. The Labute approximate surface area is 195 Å². The molecule has 8 heteroatoms. The van der Waals surface area contributed by atoms with Gasteiger partial charge in [0.25, 0.3) is 5.91 Å². The molecule has 0 unspecified atom stereocenters. The van der Waals surface area contributed by atoms with E-state index in [1.807, 2.05) is 0 Å². The zero-order valence-electron chi connectivity index (χ0n) is 18.4. The van der Waals surface area contributed by atoms with Crippen LogP contribution in [0.5, 0.6) is 0 Å². The van der Waals surface area contributed by atoms with E-state index in [0.717, 1.165) is 45.7 Å². The van der Waals surface area contributed by atoms with Crippen molar-refractivity contribution in [3.05, 3.63) is 70.7 Å². The molecule has 1 fully saturated rings. The molecule has 0 spiro atoms. The Hall–Kier alpha value is -2.61. The second kappa shape index (κ2) is 13.1. The van der Waals surface area contributed by atoms with Crippen molar-refractivity contribution in [2.45, 2.75) is 13.0 Å². The molecule has 32 heavy (non-hydrogen) atoms. The number of nitrogens with one attached hydrogen (secondary N) is 3. The van der Waals surface area contributed by atoms with E-state index in [-0.39, 0.29) is 11.9 Å². The second-order valence-electron chi connectivity index (χ2n) is 7.88. The Balaban J connectivity index is 1.19. The Morgan fingerprint density at radius 1 is 0.781 bits per heavy atom. The number of carbonyl (C=O) groups is 2. The molecule has 2 aromatic rings. The van der Waals surface area contributed by atoms with Crippen LogP contribution in [-0.4, -0.2) is 74.1 Å². The Bertz CT molecular complexity index is 856. The average molecular weight is 458 g/mol. The highest BCUT2D eigenvalue weighted by atomic mass is 35.5. The van der Waals surface area contributed by atoms with Crippen molar-refractivity contribution >= 4 is 23.5 Å². The highest BCUT2D eigenvalue weighted by molar-refractivity contribution is 6.33. The van der Waals surface area contributed by atoms with E-state index in [1.165, 1.54) is 5.56 Å². The fourth-order valence-electron chi connectivity index (χ4n) is 3.67. The number of nitrogens with zero attached hydrogens (tertiary/aromatic N) is 2. The minimum Gasteiger partial charge on any atom is -0.350 e. The van der Waals surface area contributed by atoms with Gasteiger partial charge in [-0.15, -0.1) is 0 Å². The summed E-state index contributed by atoms with van der Waals surface area (Å²) >= 11 is 6.00. The van der Waals surface area contributed by atoms with Crippen molar-refractivity contribution in [3.63, 3.8) is 0 Å². The summed E-state index contributed by atoms with van der Waals surface area (Å²) in [5.74, 6) is -0.248. The summed E-state index contributed by atoms with van der Waals surface area (Å²) in [4.78, 5) is 28.9. The monoisotopic (exact) mass is 457 g/mol. The van der Waals surface area contributed by atoms with Crippen LogP contribution >= 0.6 is 11.6 Å². The lowest BCUT2D eigenvalue weighted by Crippen LogP contribution is -2.46. The molecule has 1 aliphatic rings. The fraction of sp³-hybridized carbons (Fsp3) is 0.417. The van der Waals surface area contributed by atoms with E-state index in [4.69, 9.17) is 11.6 Å². The molecule has 1 aliphatic heterocycles. The average Bonchev–Trinajstić information content (AvgIpc) is 2.81. The van der Waals surface area contributed by atoms with Gasteiger partial charge < -0.3 is 20.9 Å².